The Labute approximate surface area is 93.9 Å². The Bertz CT molecular complexity index is 368. The zero-order valence-electron chi connectivity index (χ0n) is 9.44. The minimum Gasteiger partial charge on any atom is -0.483 e. The lowest BCUT2D eigenvalue weighted by Gasteiger charge is -2.09. The van der Waals surface area contributed by atoms with E-state index >= 15 is 0 Å². The predicted octanol–water partition coefficient (Wildman–Crippen LogP) is 2.64. The maximum absolute atomic E-state index is 13.5. The van der Waals surface area contributed by atoms with Crippen LogP contribution >= 0.6 is 0 Å². The first kappa shape index (κ1) is 12.6. The van der Waals surface area contributed by atoms with E-state index in [1.54, 1.807) is 14.0 Å². The van der Waals surface area contributed by atoms with Gasteiger partial charge in [0, 0.05) is 6.54 Å². The minimum atomic E-state index is -0.688. The van der Waals surface area contributed by atoms with Crippen molar-refractivity contribution in [1.29, 1.82) is 0 Å². The second-order valence-electron chi connectivity index (χ2n) is 3.66. The molecule has 88 valence electrons. The summed E-state index contributed by atoms with van der Waals surface area (Å²) in [5.74, 6) is -1.72. The van der Waals surface area contributed by atoms with Crippen molar-refractivity contribution < 1.29 is 13.5 Å². The van der Waals surface area contributed by atoms with E-state index < -0.39 is 11.6 Å². The highest BCUT2D eigenvalue weighted by molar-refractivity contribution is 5.31. The molecule has 0 spiro atoms. The van der Waals surface area contributed by atoms with Gasteiger partial charge in [0.1, 0.15) is 6.61 Å². The van der Waals surface area contributed by atoms with Gasteiger partial charge in [0.05, 0.1) is 0 Å². The maximum Gasteiger partial charge on any atom is 0.191 e. The molecule has 0 unspecified atom stereocenters. The molecule has 4 heteroatoms. The van der Waals surface area contributed by atoms with E-state index in [4.69, 9.17) is 4.74 Å². The van der Waals surface area contributed by atoms with Gasteiger partial charge in [-0.1, -0.05) is 6.58 Å². The smallest absolute Gasteiger partial charge is 0.191 e. The topological polar surface area (TPSA) is 21.3 Å². The Morgan fingerprint density at radius 1 is 1.38 bits per heavy atom. The molecule has 0 atom stereocenters. The number of hydrogen-bond donors (Lipinski definition) is 1. The summed E-state index contributed by atoms with van der Waals surface area (Å²) in [6.07, 6.45) is 0. The van der Waals surface area contributed by atoms with Crippen LogP contribution in [-0.2, 0) is 6.54 Å². The molecule has 16 heavy (non-hydrogen) atoms. The molecule has 0 saturated carbocycles. The highest BCUT2D eigenvalue weighted by atomic mass is 19.1. The highest BCUT2D eigenvalue weighted by Gasteiger charge is 2.12. The van der Waals surface area contributed by atoms with Crippen molar-refractivity contribution in [2.75, 3.05) is 13.7 Å². The first-order valence-electron chi connectivity index (χ1n) is 4.94. The summed E-state index contributed by atoms with van der Waals surface area (Å²) in [5, 5.41) is 2.82. The number of benzene rings is 1. The average Bonchev–Trinajstić information content (AvgIpc) is 2.16. The monoisotopic (exact) mass is 227 g/mol. The van der Waals surface area contributed by atoms with Crippen LogP contribution in [0.5, 0.6) is 5.75 Å². The number of ether oxygens (including phenoxy) is 1. The van der Waals surface area contributed by atoms with E-state index in [2.05, 4.69) is 11.9 Å². The van der Waals surface area contributed by atoms with E-state index in [-0.39, 0.29) is 12.4 Å². The van der Waals surface area contributed by atoms with Crippen molar-refractivity contribution >= 4 is 0 Å². The van der Waals surface area contributed by atoms with E-state index in [9.17, 15) is 8.78 Å². The van der Waals surface area contributed by atoms with E-state index in [1.807, 2.05) is 0 Å². The highest BCUT2D eigenvalue weighted by Crippen LogP contribution is 2.23. The van der Waals surface area contributed by atoms with Crippen molar-refractivity contribution in [3.8, 4) is 5.75 Å². The molecule has 0 amide bonds. The van der Waals surface area contributed by atoms with Gasteiger partial charge in [0.15, 0.2) is 17.4 Å². The molecule has 0 bridgehead atoms. The van der Waals surface area contributed by atoms with Gasteiger partial charge in [-0.3, -0.25) is 0 Å². The van der Waals surface area contributed by atoms with Crippen LogP contribution in [0.2, 0.25) is 0 Å². The number of hydrogen-bond acceptors (Lipinski definition) is 2. The lowest BCUT2D eigenvalue weighted by atomic mass is 10.2. The molecule has 1 aromatic carbocycles. The summed E-state index contributed by atoms with van der Waals surface area (Å²) in [5.41, 5.74) is 1.25. The molecule has 0 aromatic heterocycles. The van der Waals surface area contributed by atoms with Gasteiger partial charge in [-0.15, -0.1) is 0 Å². The fourth-order valence-electron chi connectivity index (χ4n) is 1.25. The molecule has 0 saturated heterocycles. The second-order valence-corrected chi connectivity index (χ2v) is 3.66. The lowest BCUT2D eigenvalue weighted by Crippen LogP contribution is -2.07. The summed E-state index contributed by atoms with van der Waals surface area (Å²) in [7, 11) is 1.71. The van der Waals surface area contributed by atoms with Crippen LogP contribution in [0, 0.1) is 11.6 Å². The largest absolute Gasteiger partial charge is 0.483 e. The third-order valence-electron chi connectivity index (χ3n) is 1.90. The van der Waals surface area contributed by atoms with Crippen molar-refractivity contribution in [3.63, 3.8) is 0 Å². The van der Waals surface area contributed by atoms with E-state index in [0.29, 0.717) is 17.7 Å². The molecular formula is C12H15F2NO. The Kier molecular flexibility index (Phi) is 4.43. The Morgan fingerprint density at radius 2 is 1.94 bits per heavy atom. The first-order chi connectivity index (χ1) is 7.54. The van der Waals surface area contributed by atoms with Crippen molar-refractivity contribution in [3.05, 3.63) is 41.5 Å². The zero-order chi connectivity index (χ0) is 12.1. The predicted molar refractivity (Wildman–Crippen MR) is 59.4 cm³/mol. The number of nitrogens with one attached hydrogen (secondary N) is 1. The molecule has 0 aliphatic rings. The maximum atomic E-state index is 13.5. The van der Waals surface area contributed by atoms with Crippen LogP contribution in [0.1, 0.15) is 12.5 Å². The summed E-state index contributed by atoms with van der Waals surface area (Å²) in [4.78, 5) is 0. The lowest BCUT2D eigenvalue weighted by molar-refractivity contribution is 0.312. The van der Waals surface area contributed by atoms with Gasteiger partial charge in [0.2, 0.25) is 0 Å². The number of rotatable bonds is 5. The van der Waals surface area contributed by atoms with Gasteiger partial charge in [-0.25, -0.2) is 8.78 Å². The van der Waals surface area contributed by atoms with E-state index in [1.165, 1.54) is 12.1 Å². The SMILES string of the molecule is C=C(C)COc1c(F)cc(CNC)cc1F. The Morgan fingerprint density at radius 3 is 2.38 bits per heavy atom. The normalized spacial score (nSPS) is 10.2. The molecule has 0 aliphatic carbocycles. The fraction of sp³-hybridized carbons (Fsp3) is 0.333. The van der Waals surface area contributed by atoms with Crippen molar-refractivity contribution in [2.24, 2.45) is 0 Å². The van der Waals surface area contributed by atoms with Gasteiger partial charge < -0.3 is 10.1 Å². The van der Waals surface area contributed by atoms with Crippen LogP contribution in [0.15, 0.2) is 24.3 Å². The fourth-order valence-corrected chi connectivity index (χ4v) is 1.25. The van der Waals surface area contributed by atoms with Crippen LogP contribution in [0.3, 0.4) is 0 Å². The molecule has 0 fully saturated rings. The van der Waals surface area contributed by atoms with Gasteiger partial charge in [-0.05, 0) is 37.2 Å². The van der Waals surface area contributed by atoms with Gasteiger partial charge in [0.25, 0.3) is 0 Å². The average molecular weight is 227 g/mol. The molecule has 1 N–H and O–H groups in total. The van der Waals surface area contributed by atoms with Crippen LogP contribution < -0.4 is 10.1 Å². The molecular weight excluding hydrogens is 212 g/mol. The van der Waals surface area contributed by atoms with Crippen molar-refractivity contribution in [1.82, 2.24) is 5.32 Å². The summed E-state index contributed by atoms with van der Waals surface area (Å²) >= 11 is 0. The molecule has 1 rings (SSSR count). The van der Waals surface area contributed by atoms with E-state index in [0.717, 1.165) is 0 Å². The summed E-state index contributed by atoms with van der Waals surface area (Å²) in [6, 6.07) is 2.51. The van der Waals surface area contributed by atoms with Crippen LogP contribution in [-0.4, -0.2) is 13.7 Å². The zero-order valence-corrected chi connectivity index (χ0v) is 9.44. The standard InChI is InChI=1S/C12H15F2NO/c1-8(2)7-16-12-10(13)4-9(6-15-3)5-11(12)14/h4-5,15H,1,6-7H2,2-3H3. The number of halogens is 2. The second kappa shape index (κ2) is 5.61. The molecule has 0 heterocycles. The quantitative estimate of drug-likeness (QED) is 0.781. The molecule has 0 aliphatic heterocycles. The molecule has 2 nitrogen and oxygen atoms in total. The third kappa shape index (κ3) is 3.31. The summed E-state index contributed by atoms with van der Waals surface area (Å²) in [6.45, 7) is 5.85. The Balaban J connectivity index is 2.89. The summed E-state index contributed by atoms with van der Waals surface area (Å²) < 4.78 is 31.9. The first-order valence-corrected chi connectivity index (χ1v) is 4.94. The minimum absolute atomic E-state index is 0.110. The molecule has 0 radical (unpaired) electrons. The van der Waals surface area contributed by atoms with Gasteiger partial charge >= 0.3 is 0 Å². The molecule has 1 aromatic rings. The third-order valence-corrected chi connectivity index (χ3v) is 1.90. The Hall–Kier alpha value is -1.42. The van der Waals surface area contributed by atoms with Crippen LogP contribution in [0.25, 0.3) is 0 Å². The van der Waals surface area contributed by atoms with Crippen molar-refractivity contribution in [2.45, 2.75) is 13.5 Å². The van der Waals surface area contributed by atoms with Gasteiger partial charge in [-0.2, -0.15) is 0 Å². The van der Waals surface area contributed by atoms with Crippen LogP contribution in [0.4, 0.5) is 8.78 Å².